The standard InChI is InChI=1S/C14H19FN2O/c1-9-5-6-11(8-12(9)15)14(18)17-13-4-3-7-16-10(13)2/h5-6,8,10,13,16H,3-4,7H2,1-2H3,(H,17,18)/t10-,13+/m0/s1. The highest BCUT2D eigenvalue weighted by Crippen LogP contribution is 2.12. The number of carbonyl (C=O) groups is 1. The van der Waals surface area contributed by atoms with Crippen LogP contribution in [0.4, 0.5) is 4.39 Å². The van der Waals surface area contributed by atoms with Crippen LogP contribution in [0.15, 0.2) is 18.2 Å². The van der Waals surface area contributed by atoms with E-state index < -0.39 is 0 Å². The summed E-state index contributed by atoms with van der Waals surface area (Å²) >= 11 is 0. The molecular weight excluding hydrogens is 231 g/mol. The number of piperidine rings is 1. The molecule has 0 aromatic heterocycles. The van der Waals surface area contributed by atoms with Crippen LogP contribution in [0.2, 0.25) is 0 Å². The van der Waals surface area contributed by atoms with Crippen molar-refractivity contribution in [3.05, 3.63) is 35.1 Å². The molecule has 18 heavy (non-hydrogen) atoms. The number of halogens is 1. The van der Waals surface area contributed by atoms with Crippen LogP contribution in [-0.4, -0.2) is 24.5 Å². The monoisotopic (exact) mass is 250 g/mol. The normalized spacial score (nSPS) is 23.7. The molecule has 4 heteroatoms. The van der Waals surface area contributed by atoms with Crippen molar-refractivity contribution in [2.24, 2.45) is 0 Å². The molecule has 1 aliphatic rings. The third-order valence-electron chi connectivity index (χ3n) is 3.51. The number of aryl methyl sites for hydroxylation is 1. The quantitative estimate of drug-likeness (QED) is 0.843. The Balaban J connectivity index is 2.04. The van der Waals surface area contributed by atoms with Gasteiger partial charge in [-0.1, -0.05) is 6.07 Å². The fraction of sp³-hybridized carbons (Fsp3) is 0.500. The summed E-state index contributed by atoms with van der Waals surface area (Å²) in [6.45, 7) is 4.73. The zero-order valence-corrected chi connectivity index (χ0v) is 10.8. The van der Waals surface area contributed by atoms with E-state index >= 15 is 0 Å². The number of rotatable bonds is 2. The first kappa shape index (κ1) is 13.0. The molecule has 0 bridgehead atoms. The van der Waals surface area contributed by atoms with Gasteiger partial charge in [0.15, 0.2) is 0 Å². The minimum Gasteiger partial charge on any atom is -0.348 e. The van der Waals surface area contributed by atoms with Crippen molar-refractivity contribution in [1.29, 1.82) is 0 Å². The third kappa shape index (κ3) is 2.88. The lowest BCUT2D eigenvalue weighted by molar-refractivity contribution is 0.0919. The van der Waals surface area contributed by atoms with E-state index in [1.54, 1.807) is 19.1 Å². The average molecular weight is 250 g/mol. The number of carbonyl (C=O) groups excluding carboxylic acids is 1. The van der Waals surface area contributed by atoms with Gasteiger partial charge in [-0.2, -0.15) is 0 Å². The molecule has 0 aliphatic carbocycles. The minimum atomic E-state index is -0.336. The number of hydrogen-bond acceptors (Lipinski definition) is 2. The number of benzene rings is 1. The van der Waals surface area contributed by atoms with Gasteiger partial charge in [0.05, 0.1) is 0 Å². The Hall–Kier alpha value is -1.42. The lowest BCUT2D eigenvalue weighted by atomic mass is 9.99. The Morgan fingerprint density at radius 2 is 2.28 bits per heavy atom. The molecule has 2 atom stereocenters. The SMILES string of the molecule is Cc1ccc(C(=O)N[C@@H]2CCCN[C@H]2C)cc1F. The highest BCUT2D eigenvalue weighted by Gasteiger charge is 2.22. The second-order valence-corrected chi connectivity index (χ2v) is 4.93. The fourth-order valence-corrected chi connectivity index (χ4v) is 2.23. The number of amides is 1. The average Bonchev–Trinajstić information content (AvgIpc) is 2.35. The molecule has 0 saturated carbocycles. The summed E-state index contributed by atoms with van der Waals surface area (Å²) in [6, 6.07) is 4.97. The second-order valence-electron chi connectivity index (χ2n) is 4.93. The molecule has 1 aromatic carbocycles. The Bertz CT molecular complexity index is 447. The molecule has 2 N–H and O–H groups in total. The van der Waals surface area contributed by atoms with Gasteiger partial charge in [0, 0.05) is 17.6 Å². The molecule has 1 fully saturated rings. The van der Waals surface area contributed by atoms with E-state index in [4.69, 9.17) is 0 Å². The third-order valence-corrected chi connectivity index (χ3v) is 3.51. The van der Waals surface area contributed by atoms with Crippen LogP contribution in [0.25, 0.3) is 0 Å². The van der Waals surface area contributed by atoms with E-state index in [-0.39, 0.29) is 23.8 Å². The first-order chi connectivity index (χ1) is 8.58. The van der Waals surface area contributed by atoms with E-state index in [9.17, 15) is 9.18 Å². The molecule has 2 rings (SSSR count). The highest BCUT2D eigenvalue weighted by molar-refractivity contribution is 5.94. The Morgan fingerprint density at radius 1 is 1.50 bits per heavy atom. The van der Waals surface area contributed by atoms with Crippen LogP contribution in [0.3, 0.4) is 0 Å². The van der Waals surface area contributed by atoms with Gasteiger partial charge < -0.3 is 10.6 Å². The second kappa shape index (κ2) is 5.48. The Morgan fingerprint density at radius 3 is 2.94 bits per heavy atom. The molecule has 1 aromatic rings. The molecule has 0 radical (unpaired) electrons. The van der Waals surface area contributed by atoms with Gasteiger partial charge in [0.2, 0.25) is 0 Å². The van der Waals surface area contributed by atoms with Crippen molar-refractivity contribution < 1.29 is 9.18 Å². The van der Waals surface area contributed by atoms with Crippen LogP contribution in [0, 0.1) is 12.7 Å². The zero-order valence-electron chi connectivity index (χ0n) is 10.8. The summed E-state index contributed by atoms with van der Waals surface area (Å²) < 4.78 is 13.4. The van der Waals surface area contributed by atoms with Gasteiger partial charge in [0.25, 0.3) is 5.91 Å². The Labute approximate surface area is 107 Å². The summed E-state index contributed by atoms with van der Waals surface area (Å²) in [4.78, 5) is 12.0. The summed E-state index contributed by atoms with van der Waals surface area (Å²) in [5, 5.41) is 6.28. The highest BCUT2D eigenvalue weighted by atomic mass is 19.1. The smallest absolute Gasteiger partial charge is 0.251 e. The summed E-state index contributed by atoms with van der Waals surface area (Å²) in [7, 11) is 0. The zero-order chi connectivity index (χ0) is 13.1. The maximum absolute atomic E-state index is 13.4. The van der Waals surface area contributed by atoms with Gasteiger partial charge >= 0.3 is 0 Å². The fourth-order valence-electron chi connectivity index (χ4n) is 2.23. The maximum Gasteiger partial charge on any atom is 0.251 e. The largest absolute Gasteiger partial charge is 0.348 e. The molecule has 1 saturated heterocycles. The Kier molecular flexibility index (Phi) is 3.97. The van der Waals surface area contributed by atoms with Gasteiger partial charge in [-0.3, -0.25) is 4.79 Å². The van der Waals surface area contributed by atoms with Crippen molar-refractivity contribution in [2.45, 2.75) is 38.8 Å². The molecule has 1 amide bonds. The van der Waals surface area contributed by atoms with E-state index in [1.165, 1.54) is 6.07 Å². The lowest BCUT2D eigenvalue weighted by Gasteiger charge is -2.30. The summed E-state index contributed by atoms with van der Waals surface area (Å²) in [6.07, 6.45) is 2.02. The molecule has 0 unspecified atom stereocenters. The van der Waals surface area contributed by atoms with Gasteiger partial charge in [-0.25, -0.2) is 4.39 Å². The van der Waals surface area contributed by atoms with Crippen LogP contribution >= 0.6 is 0 Å². The maximum atomic E-state index is 13.4. The van der Waals surface area contributed by atoms with Crippen LogP contribution in [0.1, 0.15) is 35.7 Å². The molecule has 1 aliphatic heterocycles. The van der Waals surface area contributed by atoms with Gasteiger partial charge in [-0.05, 0) is 50.9 Å². The predicted octanol–water partition coefficient (Wildman–Crippen LogP) is 2.00. The molecular formula is C14H19FN2O. The minimum absolute atomic E-state index is 0.121. The van der Waals surface area contributed by atoms with Crippen molar-refractivity contribution >= 4 is 5.91 Å². The molecule has 0 spiro atoms. The summed E-state index contributed by atoms with van der Waals surface area (Å²) in [5.74, 6) is -0.535. The molecule has 1 heterocycles. The van der Waals surface area contributed by atoms with Crippen molar-refractivity contribution in [3.63, 3.8) is 0 Å². The molecule has 98 valence electrons. The van der Waals surface area contributed by atoms with Crippen LogP contribution in [0.5, 0.6) is 0 Å². The topological polar surface area (TPSA) is 41.1 Å². The number of hydrogen-bond donors (Lipinski definition) is 2. The first-order valence-electron chi connectivity index (χ1n) is 6.38. The lowest BCUT2D eigenvalue weighted by Crippen LogP contribution is -2.51. The first-order valence-corrected chi connectivity index (χ1v) is 6.38. The van der Waals surface area contributed by atoms with Gasteiger partial charge in [0.1, 0.15) is 5.82 Å². The van der Waals surface area contributed by atoms with E-state index in [1.807, 2.05) is 0 Å². The van der Waals surface area contributed by atoms with Crippen molar-refractivity contribution in [3.8, 4) is 0 Å². The van der Waals surface area contributed by atoms with Gasteiger partial charge in [-0.15, -0.1) is 0 Å². The molecule has 3 nitrogen and oxygen atoms in total. The van der Waals surface area contributed by atoms with Crippen LogP contribution < -0.4 is 10.6 Å². The predicted molar refractivity (Wildman–Crippen MR) is 69.1 cm³/mol. The van der Waals surface area contributed by atoms with Crippen molar-refractivity contribution in [2.75, 3.05) is 6.54 Å². The number of nitrogens with one attached hydrogen (secondary N) is 2. The van der Waals surface area contributed by atoms with E-state index in [2.05, 4.69) is 17.6 Å². The van der Waals surface area contributed by atoms with E-state index in [0.717, 1.165) is 19.4 Å². The van der Waals surface area contributed by atoms with Crippen LogP contribution in [-0.2, 0) is 0 Å². The van der Waals surface area contributed by atoms with E-state index in [0.29, 0.717) is 11.1 Å². The summed E-state index contributed by atoms with van der Waals surface area (Å²) in [5.41, 5.74) is 0.940. The van der Waals surface area contributed by atoms with Crippen molar-refractivity contribution in [1.82, 2.24) is 10.6 Å².